The van der Waals surface area contributed by atoms with Gasteiger partial charge in [0.2, 0.25) is 10.0 Å². The number of hydrogen-bond acceptors (Lipinski definition) is 7. The normalized spacial score (nSPS) is 16.9. The van der Waals surface area contributed by atoms with Crippen molar-refractivity contribution >= 4 is 38.9 Å². The Kier molecular flexibility index (Phi) is 8.11. The second-order valence-corrected chi connectivity index (χ2v) is 10.5. The molecule has 1 fully saturated rings. The lowest BCUT2D eigenvalue weighted by molar-refractivity contribution is 0.0781. The molecule has 10 nitrogen and oxygen atoms in total. The Hall–Kier alpha value is -2.86. The molecule has 4 rings (SSSR count). The Morgan fingerprint density at radius 3 is 2.17 bits per heavy atom. The molecule has 11 heteroatoms. The number of anilines is 4. The lowest BCUT2D eigenvalue weighted by Gasteiger charge is -2.37. The number of nitrogens with zero attached hydrogens (tertiary/aromatic N) is 4. The van der Waals surface area contributed by atoms with E-state index in [0.717, 1.165) is 17.1 Å². The third-order valence-electron chi connectivity index (χ3n) is 6.32. The van der Waals surface area contributed by atoms with Gasteiger partial charge in [0.15, 0.2) is 0 Å². The van der Waals surface area contributed by atoms with Crippen LogP contribution < -0.4 is 14.7 Å². The Balaban J connectivity index is 1.36. The van der Waals surface area contributed by atoms with E-state index in [1.54, 1.807) is 7.11 Å². The average Bonchev–Trinajstić information content (AvgIpc) is 2.88. The van der Waals surface area contributed by atoms with E-state index in [4.69, 9.17) is 9.47 Å². The minimum Gasteiger partial charge on any atom is -0.465 e. The third kappa shape index (κ3) is 5.87. The van der Waals surface area contributed by atoms with E-state index in [-0.39, 0.29) is 12.4 Å². The van der Waals surface area contributed by atoms with Crippen LogP contribution in [-0.2, 0) is 19.5 Å². The molecule has 190 valence electrons. The molecule has 1 saturated heterocycles. The summed E-state index contributed by atoms with van der Waals surface area (Å²) in [5.41, 5.74) is 3.56. The van der Waals surface area contributed by atoms with Gasteiger partial charge in [0.1, 0.15) is 0 Å². The zero-order chi connectivity index (χ0) is 24.8. The van der Waals surface area contributed by atoms with Crippen molar-refractivity contribution in [3.8, 4) is 0 Å². The number of methoxy groups -OCH3 is 1. The highest BCUT2D eigenvalue weighted by Gasteiger charge is 2.28. The number of carbonyl (C=O) groups is 1. The molecule has 0 unspecified atom stereocenters. The molecule has 0 radical (unpaired) electrons. The van der Waals surface area contributed by atoms with Gasteiger partial charge in [-0.2, -0.15) is 4.31 Å². The SMILES string of the molecule is COCCOCCS(=O)(=O)N1CCN(c2ccc(N3CCN(C(=O)O)c4ccccc43)cc2)CC1. The first-order chi connectivity index (χ1) is 16.9. The summed E-state index contributed by atoms with van der Waals surface area (Å²) in [5, 5.41) is 9.52. The minimum absolute atomic E-state index is 0.0258. The topological polar surface area (TPSA) is 103 Å². The highest BCUT2D eigenvalue weighted by atomic mass is 32.2. The molecule has 0 spiro atoms. The zero-order valence-electron chi connectivity index (χ0n) is 19.9. The van der Waals surface area contributed by atoms with Gasteiger partial charge in [0.25, 0.3) is 0 Å². The first-order valence-electron chi connectivity index (χ1n) is 11.7. The van der Waals surface area contributed by atoms with Crippen LogP contribution in [0.4, 0.5) is 27.5 Å². The van der Waals surface area contributed by atoms with E-state index in [0.29, 0.717) is 58.2 Å². The number of rotatable bonds is 9. The molecular weight excluding hydrogens is 472 g/mol. The van der Waals surface area contributed by atoms with E-state index in [1.807, 2.05) is 48.5 Å². The van der Waals surface area contributed by atoms with Crippen LogP contribution in [0, 0.1) is 0 Å². The second-order valence-electron chi connectivity index (χ2n) is 8.40. The van der Waals surface area contributed by atoms with Crippen LogP contribution >= 0.6 is 0 Å². The Morgan fingerprint density at radius 1 is 0.857 bits per heavy atom. The summed E-state index contributed by atoms with van der Waals surface area (Å²) < 4.78 is 36.9. The highest BCUT2D eigenvalue weighted by Crippen LogP contribution is 2.38. The molecule has 2 aliphatic heterocycles. The van der Waals surface area contributed by atoms with Crippen LogP contribution in [-0.4, -0.2) is 95.9 Å². The predicted octanol–water partition coefficient (Wildman–Crippen LogP) is 2.44. The first-order valence-corrected chi connectivity index (χ1v) is 13.3. The fourth-order valence-electron chi connectivity index (χ4n) is 4.43. The van der Waals surface area contributed by atoms with E-state index < -0.39 is 16.1 Å². The van der Waals surface area contributed by atoms with Gasteiger partial charge in [-0.25, -0.2) is 13.2 Å². The molecule has 2 aromatic carbocycles. The van der Waals surface area contributed by atoms with Gasteiger partial charge in [-0.15, -0.1) is 0 Å². The number of benzene rings is 2. The molecule has 35 heavy (non-hydrogen) atoms. The maximum atomic E-state index is 12.6. The summed E-state index contributed by atoms with van der Waals surface area (Å²) in [6.45, 7) is 4.05. The number of sulfonamides is 1. The predicted molar refractivity (Wildman–Crippen MR) is 136 cm³/mol. The van der Waals surface area contributed by atoms with Crippen molar-refractivity contribution in [2.45, 2.75) is 0 Å². The van der Waals surface area contributed by atoms with Gasteiger partial charge in [-0.05, 0) is 36.4 Å². The summed E-state index contributed by atoms with van der Waals surface area (Å²) in [4.78, 5) is 17.3. The standard InChI is InChI=1S/C24H32N4O6S/c1-33-16-17-34-18-19-35(31,32)26-12-10-25(11-13-26)20-6-8-21(9-7-20)27-14-15-28(24(29)30)23-5-3-2-4-22(23)27/h2-9H,10-19H2,1H3,(H,29,30). The van der Waals surface area contributed by atoms with Crippen LogP contribution in [0.15, 0.2) is 48.5 Å². The molecule has 2 heterocycles. The average molecular weight is 505 g/mol. The van der Waals surface area contributed by atoms with Crippen molar-refractivity contribution in [1.29, 1.82) is 0 Å². The second kappa shape index (κ2) is 11.3. The van der Waals surface area contributed by atoms with Crippen molar-refractivity contribution in [3.05, 3.63) is 48.5 Å². The lowest BCUT2D eigenvalue weighted by Crippen LogP contribution is -2.49. The van der Waals surface area contributed by atoms with Gasteiger partial charge in [0, 0.05) is 57.8 Å². The quantitative estimate of drug-likeness (QED) is 0.520. The van der Waals surface area contributed by atoms with E-state index in [1.165, 1.54) is 9.21 Å². The van der Waals surface area contributed by atoms with E-state index >= 15 is 0 Å². The Bertz CT molecular complexity index is 1100. The summed E-state index contributed by atoms with van der Waals surface area (Å²) in [7, 11) is -1.77. The van der Waals surface area contributed by atoms with Gasteiger partial charge in [0.05, 0.1) is 36.9 Å². The third-order valence-corrected chi connectivity index (χ3v) is 8.15. The number of piperazine rings is 1. The van der Waals surface area contributed by atoms with Crippen molar-refractivity contribution in [1.82, 2.24) is 4.31 Å². The Labute approximate surface area is 206 Å². The first kappa shape index (κ1) is 25.2. The maximum absolute atomic E-state index is 12.6. The van der Waals surface area contributed by atoms with Crippen molar-refractivity contribution in [2.75, 3.05) is 86.7 Å². The van der Waals surface area contributed by atoms with Crippen LogP contribution in [0.25, 0.3) is 0 Å². The number of para-hydroxylation sites is 2. The maximum Gasteiger partial charge on any atom is 0.411 e. The molecule has 0 aliphatic carbocycles. The van der Waals surface area contributed by atoms with Gasteiger partial charge in [-0.3, -0.25) is 4.90 Å². The van der Waals surface area contributed by atoms with Crippen molar-refractivity contribution in [3.63, 3.8) is 0 Å². The fourth-order valence-corrected chi connectivity index (χ4v) is 5.74. The van der Waals surface area contributed by atoms with Crippen molar-refractivity contribution in [2.24, 2.45) is 0 Å². The molecule has 0 aromatic heterocycles. The molecule has 2 aromatic rings. The van der Waals surface area contributed by atoms with Gasteiger partial charge < -0.3 is 24.4 Å². The monoisotopic (exact) mass is 504 g/mol. The number of hydrogen-bond donors (Lipinski definition) is 1. The largest absolute Gasteiger partial charge is 0.465 e. The Morgan fingerprint density at radius 2 is 1.51 bits per heavy atom. The summed E-state index contributed by atoms with van der Waals surface area (Å²) in [6.07, 6.45) is -0.952. The van der Waals surface area contributed by atoms with Crippen molar-refractivity contribution < 1.29 is 27.8 Å². The van der Waals surface area contributed by atoms with Crippen LogP contribution in [0.3, 0.4) is 0 Å². The van der Waals surface area contributed by atoms with Gasteiger partial charge >= 0.3 is 6.09 Å². The summed E-state index contributed by atoms with van der Waals surface area (Å²) >= 11 is 0. The smallest absolute Gasteiger partial charge is 0.411 e. The van der Waals surface area contributed by atoms with E-state index in [2.05, 4.69) is 9.80 Å². The number of ether oxygens (including phenoxy) is 2. The van der Waals surface area contributed by atoms with Gasteiger partial charge in [-0.1, -0.05) is 12.1 Å². The number of amides is 1. The molecular formula is C24H32N4O6S. The summed E-state index contributed by atoms with van der Waals surface area (Å²) in [5.74, 6) is -0.0258. The lowest BCUT2D eigenvalue weighted by atomic mass is 10.1. The molecule has 0 atom stereocenters. The van der Waals surface area contributed by atoms with E-state index in [9.17, 15) is 18.3 Å². The van der Waals surface area contributed by atoms with Crippen LogP contribution in [0.5, 0.6) is 0 Å². The highest BCUT2D eigenvalue weighted by molar-refractivity contribution is 7.89. The zero-order valence-corrected chi connectivity index (χ0v) is 20.7. The molecule has 0 saturated carbocycles. The molecule has 1 N–H and O–H groups in total. The summed E-state index contributed by atoms with van der Waals surface area (Å²) in [6, 6.07) is 15.6. The van der Waals surface area contributed by atoms with Crippen LogP contribution in [0.1, 0.15) is 0 Å². The molecule has 0 bridgehead atoms. The fraction of sp³-hybridized carbons (Fsp3) is 0.458. The molecule has 1 amide bonds. The molecule has 2 aliphatic rings. The number of fused-ring (bicyclic) bond motifs is 1. The number of carboxylic acid groups (broad SMARTS) is 1. The van der Waals surface area contributed by atoms with Crippen LogP contribution in [0.2, 0.25) is 0 Å². The minimum atomic E-state index is -3.35.